The van der Waals surface area contributed by atoms with Crippen LogP contribution in [0.5, 0.6) is 34.6 Å². The Kier molecular flexibility index (Phi) is 15.8. The van der Waals surface area contributed by atoms with Gasteiger partial charge in [0, 0.05) is 29.0 Å². The summed E-state index contributed by atoms with van der Waals surface area (Å²) in [5.41, 5.74) is -1.55. The molecule has 7 N–H and O–H groups in total. The Morgan fingerprint density at radius 2 is 0.963 bits per heavy atom. The molecule has 0 aliphatic rings. The zero-order valence-electron chi connectivity index (χ0n) is 41.9. The van der Waals surface area contributed by atoms with E-state index in [0.717, 1.165) is 35.0 Å². The molecule has 32 heteroatoms. The van der Waals surface area contributed by atoms with Crippen LogP contribution in [0.25, 0.3) is 27.2 Å². The summed E-state index contributed by atoms with van der Waals surface area (Å²) in [6.45, 7) is 6.42. The molecule has 0 saturated carbocycles. The number of hydrogen-bond donors (Lipinski definition) is 7. The van der Waals surface area contributed by atoms with Gasteiger partial charge in [0.15, 0.2) is 17.2 Å². The maximum Gasteiger partial charge on any atom is 0.296 e. The molecule has 8 aromatic rings. The number of benzene rings is 7. The number of rotatable bonds is 18. The Labute approximate surface area is 453 Å². The number of aryl methyl sites for hydroxylation is 2. The van der Waals surface area contributed by atoms with Crippen molar-refractivity contribution in [3.8, 4) is 40.3 Å². The molecule has 1 heterocycles. The van der Waals surface area contributed by atoms with E-state index >= 15 is 0 Å². The maximum atomic E-state index is 12.9. The molecule has 7 aromatic carbocycles. The first-order valence-electron chi connectivity index (χ1n) is 22.8. The number of aromatic hydroxyl groups is 3. The molecule has 0 fully saturated rings. The van der Waals surface area contributed by atoms with Crippen molar-refractivity contribution in [1.29, 1.82) is 0 Å². The summed E-state index contributed by atoms with van der Waals surface area (Å²) in [6, 6.07) is 19.8. The van der Waals surface area contributed by atoms with Gasteiger partial charge in [0.2, 0.25) is 5.88 Å². The molecule has 0 unspecified atom stereocenters. The van der Waals surface area contributed by atoms with Gasteiger partial charge in [0.05, 0.1) is 37.4 Å². The van der Waals surface area contributed by atoms with Gasteiger partial charge in [-0.1, -0.05) is 12.1 Å². The fraction of sp³-hybridized carbons (Fsp3) is 0.146. The van der Waals surface area contributed by atoms with Gasteiger partial charge in [-0.25, -0.2) is 0 Å². The Bertz CT molecular complexity index is 4460. The van der Waals surface area contributed by atoms with Gasteiger partial charge in [-0.05, 0) is 111 Å². The quantitative estimate of drug-likeness (QED) is 0.0310. The molecular weight excluding hydrogens is 1130 g/mol. The summed E-state index contributed by atoms with van der Waals surface area (Å²) in [6.07, 6.45) is 0. The van der Waals surface area contributed by atoms with Crippen LogP contribution in [0.3, 0.4) is 0 Å². The van der Waals surface area contributed by atoms with Crippen molar-refractivity contribution in [3.05, 3.63) is 108 Å². The first-order valence-corrected chi connectivity index (χ1v) is 28.6. The number of methoxy groups -OCH3 is 1. The minimum Gasteiger partial charge on any atom is -0.505 e. The third-order valence-electron chi connectivity index (χ3n) is 11.5. The topological polar surface area (TPSA) is 423 Å². The minimum absolute atomic E-state index is 0.0143. The highest BCUT2D eigenvalue weighted by Gasteiger charge is 2.26. The van der Waals surface area contributed by atoms with E-state index in [4.69, 9.17) is 14.2 Å². The Balaban J connectivity index is 1.11. The first-order chi connectivity index (χ1) is 37.6. The van der Waals surface area contributed by atoms with Gasteiger partial charge < -0.3 is 29.5 Å². The summed E-state index contributed by atoms with van der Waals surface area (Å²) in [4.78, 5) is -2.89. The number of phenolic OH excluding ortho intramolecular Hbond substituents is 2. The van der Waals surface area contributed by atoms with E-state index in [1.165, 1.54) is 87.7 Å². The lowest BCUT2D eigenvalue weighted by molar-refractivity contribution is 0.332. The molecule has 80 heavy (non-hydrogen) atoms. The van der Waals surface area contributed by atoms with Crippen LogP contribution in [0.2, 0.25) is 0 Å². The van der Waals surface area contributed by atoms with Crippen molar-refractivity contribution in [2.75, 3.05) is 20.3 Å². The number of fused-ring (bicyclic) bond motifs is 2. The average molecular weight is 1180 g/mol. The third kappa shape index (κ3) is 11.9. The van der Waals surface area contributed by atoms with Gasteiger partial charge in [-0.2, -0.15) is 48.6 Å². The van der Waals surface area contributed by atoms with Crippen LogP contribution < -0.4 is 14.2 Å². The number of ether oxygens (including phenoxy) is 3. The number of azo groups is 4. The molecule has 0 amide bonds. The van der Waals surface area contributed by atoms with Crippen molar-refractivity contribution in [1.82, 2.24) is 9.78 Å². The average Bonchev–Trinajstić information content (AvgIpc) is 3.70. The zero-order chi connectivity index (χ0) is 58.2. The van der Waals surface area contributed by atoms with E-state index in [1.807, 2.05) is 0 Å². The fourth-order valence-corrected chi connectivity index (χ4v) is 10.5. The largest absolute Gasteiger partial charge is 0.505 e. The van der Waals surface area contributed by atoms with Crippen LogP contribution in [0.1, 0.15) is 25.1 Å². The fourth-order valence-electron chi connectivity index (χ4n) is 7.85. The molecule has 0 bridgehead atoms. The molecule has 0 radical (unpaired) electrons. The number of phenols is 2. The Hall–Kier alpha value is -8.89. The molecular formula is C48H42N10O18S4. The van der Waals surface area contributed by atoms with Crippen LogP contribution in [-0.2, 0) is 40.5 Å². The van der Waals surface area contributed by atoms with E-state index in [1.54, 1.807) is 13.8 Å². The summed E-state index contributed by atoms with van der Waals surface area (Å²) in [7, 11) is -18.4. The predicted octanol–water partition coefficient (Wildman–Crippen LogP) is 11.4. The highest BCUT2D eigenvalue weighted by atomic mass is 32.2. The van der Waals surface area contributed by atoms with Crippen LogP contribution in [0.4, 0.5) is 45.5 Å². The molecule has 416 valence electrons. The third-order valence-corrected chi connectivity index (χ3v) is 15.1. The molecule has 0 spiro atoms. The van der Waals surface area contributed by atoms with E-state index in [0.29, 0.717) is 0 Å². The predicted molar refractivity (Wildman–Crippen MR) is 284 cm³/mol. The molecule has 8 rings (SSSR count). The summed E-state index contributed by atoms with van der Waals surface area (Å²) >= 11 is 0. The highest BCUT2D eigenvalue weighted by Crippen LogP contribution is 2.47. The lowest BCUT2D eigenvalue weighted by Crippen LogP contribution is -2.01. The standard InChI is InChI=1S/C48H42N10O18S4/c1-6-75-37-22-35(38(76-7-2)21-34(37)52-51-33-16-24(3)40(78(65,66)67)23-36(33)74-5)53-56-45-41(79(68,69)70)19-26-17-28(12-14-30(26)46(45)59)49-54-43-25(4)57-58(48(43)61)29-13-15-31-27(18-29)20-42(80(71,72)73)44(47(31)60)55-50-32-10-8-9-11-39(32)77(62,63)64/h8-23,59-61H,6-7H2,1-5H3,(H,62,63,64)(H,65,66,67)(H,68,69,70)(H,71,72,73). The van der Waals surface area contributed by atoms with E-state index in [9.17, 15) is 67.2 Å². The van der Waals surface area contributed by atoms with Crippen LogP contribution in [0.15, 0.2) is 158 Å². The zero-order valence-corrected chi connectivity index (χ0v) is 45.1. The molecule has 28 nitrogen and oxygen atoms in total. The van der Waals surface area contributed by atoms with Gasteiger partial charge in [-0.3, -0.25) is 18.2 Å². The van der Waals surface area contributed by atoms with Gasteiger partial charge in [0.1, 0.15) is 71.0 Å². The minimum atomic E-state index is -5.15. The normalized spacial score (nSPS) is 12.8. The summed E-state index contributed by atoms with van der Waals surface area (Å²) < 4.78 is 156. The summed E-state index contributed by atoms with van der Waals surface area (Å²) in [5.74, 6) is -2.05. The van der Waals surface area contributed by atoms with Gasteiger partial charge in [-0.15, -0.1) is 35.8 Å². The molecule has 0 aliphatic heterocycles. The van der Waals surface area contributed by atoms with E-state index < -0.39 is 94.5 Å². The van der Waals surface area contributed by atoms with Crippen LogP contribution >= 0.6 is 0 Å². The molecule has 0 saturated heterocycles. The van der Waals surface area contributed by atoms with Crippen molar-refractivity contribution in [2.24, 2.45) is 40.9 Å². The van der Waals surface area contributed by atoms with Gasteiger partial charge in [0.25, 0.3) is 40.5 Å². The van der Waals surface area contributed by atoms with Crippen molar-refractivity contribution in [3.63, 3.8) is 0 Å². The Morgan fingerprint density at radius 3 is 1.49 bits per heavy atom. The first kappa shape index (κ1) is 57.3. The van der Waals surface area contributed by atoms with E-state index in [-0.39, 0.29) is 97.4 Å². The van der Waals surface area contributed by atoms with E-state index in [2.05, 4.69) is 46.0 Å². The van der Waals surface area contributed by atoms with Crippen LogP contribution in [-0.4, -0.2) is 97.3 Å². The second kappa shape index (κ2) is 22.1. The molecule has 0 atom stereocenters. The van der Waals surface area contributed by atoms with Crippen molar-refractivity contribution in [2.45, 2.75) is 47.3 Å². The van der Waals surface area contributed by atoms with Gasteiger partial charge >= 0.3 is 0 Å². The van der Waals surface area contributed by atoms with Crippen molar-refractivity contribution >= 4 is 108 Å². The second-order valence-corrected chi connectivity index (χ2v) is 22.3. The molecule has 1 aromatic heterocycles. The second-order valence-electron chi connectivity index (χ2n) is 16.7. The van der Waals surface area contributed by atoms with Crippen molar-refractivity contribution < 1.29 is 81.4 Å². The molecule has 0 aliphatic carbocycles. The summed E-state index contributed by atoms with van der Waals surface area (Å²) in [5, 5.41) is 70.7. The number of aromatic nitrogens is 2. The lowest BCUT2D eigenvalue weighted by atomic mass is 10.1. The number of nitrogens with zero attached hydrogens (tertiary/aromatic N) is 10. The maximum absolute atomic E-state index is 12.9. The highest BCUT2D eigenvalue weighted by molar-refractivity contribution is 7.86. The SMILES string of the molecule is CCOc1cc(N=Nc2c(S(=O)(=O)O)cc3cc(N=Nc4c(C)nn(-c5ccc6c(O)c(N=Nc7ccccc7S(=O)(=O)O)c(S(=O)(=O)O)cc6c5)c4O)ccc3c2O)c(OCC)cc1N=Nc1cc(C)c(S(=O)(=O)O)cc1OC. The van der Waals surface area contributed by atoms with Crippen LogP contribution in [0, 0.1) is 13.8 Å². The Morgan fingerprint density at radius 1 is 0.487 bits per heavy atom. The smallest absolute Gasteiger partial charge is 0.296 e. The monoisotopic (exact) mass is 1170 g/mol. The number of hydrogen-bond acceptors (Lipinski definition) is 23. The lowest BCUT2D eigenvalue weighted by Gasteiger charge is -2.13.